The number of ether oxygens (including phenoxy) is 2. The fraction of sp³-hybridized carbons (Fsp3) is 0.409. The number of rotatable bonds is 10. The van der Waals surface area contributed by atoms with E-state index in [2.05, 4.69) is 5.32 Å². The first kappa shape index (κ1) is 22.3. The molecule has 3 rings (SSSR count). The summed E-state index contributed by atoms with van der Waals surface area (Å²) in [5.74, 6) is 0.231. The quantitative estimate of drug-likeness (QED) is 0.622. The third kappa shape index (κ3) is 6.04. The van der Waals surface area contributed by atoms with Crippen molar-refractivity contribution in [2.45, 2.75) is 30.3 Å². The fourth-order valence-electron chi connectivity index (χ4n) is 3.33. The molecule has 2 aromatic carbocycles. The molecule has 1 atom stereocenters. The highest BCUT2D eigenvalue weighted by Crippen LogP contribution is 2.20. The van der Waals surface area contributed by atoms with Crippen molar-refractivity contribution in [3.05, 3.63) is 60.2 Å². The van der Waals surface area contributed by atoms with E-state index in [9.17, 15) is 13.2 Å². The van der Waals surface area contributed by atoms with Gasteiger partial charge in [0.2, 0.25) is 15.9 Å². The summed E-state index contributed by atoms with van der Waals surface area (Å²) in [7, 11) is -2.32. The lowest BCUT2D eigenvalue weighted by atomic mass is 10.1. The number of sulfonamides is 1. The van der Waals surface area contributed by atoms with Crippen molar-refractivity contribution in [1.29, 1.82) is 0 Å². The zero-order valence-corrected chi connectivity index (χ0v) is 17.9. The minimum Gasteiger partial charge on any atom is -0.497 e. The van der Waals surface area contributed by atoms with Crippen molar-refractivity contribution in [2.75, 3.05) is 33.4 Å². The number of methoxy groups -OCH3 is 1. The number of amides is 1. The highest BCUT2D eigenvalue weighted by atomic mass is 32.2. The van der Waals surface area contributed by atoms with Crippen LogP contribution >= 0.6 is 0 Å². The maximum atomic E-state index is 13.2. The fourth-order valence-corrected chi connectivity index (χ4v) is 4.73. The summed E-state index contributed by atoms with van der Waals surface area (Å²) in [6, 6.07) is 15.8. The maximum absolute atomic E-state index is 13.2. The topological polar surface area (TPSA) is 84.9 Å². The molecule has 1 aliphatic rings. The molecule has 0 bridgehead atoms. The van der Waals surface area contributed by atoms with Gasteiger partial charge < -0.3 is 14.8 Å². The molecule has 1 heterocycles. The van der Waals surface area contributed by atoms with Crippen molar-refractivity contribution in [1.82, 2.24) is 9.62 Å². The van der Waals surface area contributed by atoms with Crippen LogP contribution in [0.1, 0.15) is 18.4 Å². The molecular formula is C22H28N2O5S. The van der Waals surface area contributed by atoms with Gasteiger partial charge in [-0.3, -0.25) is 4.79 Å². The Balaban J connectivity index is 1.72. The molecule has 7 nitrogen and oxygen atoms in total. The van der Waals surface area contributed by atoms with Gasteiger partial charge in [-0.15, -0.1) is 0 Å². The summed E-state index contributed by atoms with van der Waals surface area (Å²) >= 11 is 0. The lowest BCUT2D eigenvalue weighted by molar-refractivity contribution is -0.121. The van der Waals surface area contributed by atoms with Crippen LogP contribution in [0.3, 0.4) is 0 Å². The molecule has 0 aromatic heterocycles. The van der Waals surface area contributed by atoms with Gasteiger partial charge >= 0.3 is 0 Å². The first-order valence-electron chi connectivity index (χ1n) is 10.1. The van der Waals surface area contributed by atoms with Gasteiger partial charge in [0.1, 0.15) is 5.75 Å². The molecule has 0 spiro atoms. The normalized spacial score (nSPS) is 16.5. The Bertz CT molecular complexity index is 910. The van der Waals surface area contributed by atoms with Crippen molar-refractivity contribution in [3.8, 4) is 5.75 Å². The standard InChI is InChI=1S/C22H28N2O5S/c1-28-19-9-11-21(12-10-19)30(26,27)24(14-13-18-6-3-2-4-7-18)17-22(25)23-16-20-8-5-15-29-20/h2-4,6-7,9-12,20H,5,8,13-17H2,1H3,(H,23,25)/t20-/m0/s1. The Morgan fingerprint density at radius 1 is 1.17 bits per heavy atom. The van der Waals surface area contributed by atoms with Crippen molar-refractivity contribution >= 4 is 15.9 Å². The van der Waals surface area contributed by atoms with Gasteiger partial charge in [-0.25, -0.2) is 8.42 Å². The average molecular weight is 433 g/mol. The Labute approximate surface area is 178 Å². The molecule has 1 amide bonds. The molecule has 1 saturated heterocycles. The summed E-state index contributed by atoms with van der Waals surface area (Å²) in [5.41, 5.74) is 1.01. The van der Waals surface area contributed by atoms with Crippen molar-refractivity contribution in [3.63, 3.8) is 0 Å². The summed E-state index contributed by atoms with van der Waals surface area (Å²) in [6.45, 7) is 1.06. The first-order chi connectivity index (χ1) is 14.5. The molecule has 1 N–H and O–H groups in total. The molecule has 0 radical (unpaired) electrons. The van der Waals surface area contributed by atoms with E-state index in [-0.39, 0.29) is 30.0 Å². The van der Waals surface area contributed by atoms with E-state index in [1.165, 1.54) is 23.5 Å². The van der Waals surface area contributed by atoms with E-state index in [1.54, 1.807) is 12.1 Å². The SMILES string of the molecule is COc1ccc(S(=O)(=O)N(CCc2ccccc2)CC(=O)NC[C@@H]2CCCO2)cc1. The second-order valence-electron chi connectivity index (χ2n) is 7.19. The molecule has 1 fully saturated rings. The highest BCUT2D eigenvalue weighted by Gasteiger charge is 2.27. The largest absolute Gasteiger partial charge is 0.497 e. The third-order valence-electron chi connectivity index (χ3n) is 5.06. The van der Waals surface area contributed by atoms with Gasteiger partial charge in [0, 0.05) is 19.7 Å². The van der Waals surface area contributed by atoms with E-state index < -0.39 is 10.0 Å². The Hall–Kier alpha value is -2.42. The Kier molecular flexibility index (Phi) is 7.84. The average Bonchev–Trinajstić information content (AvgIpc) is 3.29. The van der Waals surface area contributed by atoms with Gasteiger partial charge in [-0.05, 0) is 49.1 Å². The summed E-state index contributed by atoms with van der Waals surface area (Å²) < 4.78 is 38.3. The Morgan fingerprint density at radius 2 is 1.90 bits per heavy atom. The van der Waals surface area contributed by atoms with Gasteiger partial charge in [-0.1, -0.05) is 30.3 Å². The van der Waals surface area contributed by atoms with Crippen LogP contribution in [-0.4, -0.2) is 58.1 Å². The minimum atomic E-state index is -3.84. The lowest BCUT2D eigenvalue weighted by Crippen LogP contribution is -2.43. The van der Waals surface area contributed by atoms with E-state index in [4.69, 9.17) is 9.47 Å². The summed E-state index contributed by atoms with van der Waals surface area (Å²) in [6.07, 6.45) is 2.40. The van der Waals surface area contributed by atoms with Crippen LogP contribution in [0.5, 0.6) is 5.75 Å². The number of benzene rings is 2. The first-order valence-corrected chi connectivity index (χ1v) is 11.5. The van der Waals surface area contributed by atoms with Crippen LogP contribution in [0.25, 0.3) is 0 Å². The van der Waals surface area contributed by atoms with E-state index in [1.807, 2.05) is 30.3 Å². The number of carbonyl (C=O) groups excluding carboxylic acids is 1. The van der Waals surface area contributed by atoms with Crippen LogP contribution in [0, 0.1) is 0 Å². The number of nitrogens with one attached hydrogen (secondary N) is 1. The van der Waals surface area contributed by atoms with E-state index >= 15 is 0 Å². The predicted octanol–water partition coefficient (Wildman–Crippen LogP) is 2.22. The van der Waals surface area contributed by atoms with Crippen LogP contribution in [0.2, 0.25) is 0 Å². The predicted molar refractivity (Wildman–Crippen MR) is 114 cm³/mol. The maximum Gasteiger partial charge on any atom is 0.243 e. The second kappa shape index (κ2) is 10.6. The lowest BCUT2D eigenvalue weighted by Gasteiger charge is -2.22. The monoisotopic (exact) mass is 432 g/mol. The molecular weight excluding hydrogens is 404 g/mol. The Morgan fingerprint density at radius 3 is 2.53 bits per heavy atom. The van der Waals surface area contributed by atoms with Crippen molar-refractivity contribution in [2.24, 2.45) is 0 Å². The van der Waals surface area contributed by atoms with Crippen LogP contribution in [0.15, 0.2) is 59.5 Å². The second-order valence-corrected chi connectivity index (χ2v) is 9.13. The van der Waals surface area contributed by atoms with E-state index in [0.29, 0.717) is 25.3 Å². The van der Waals surface area contributed by atoms with E-state index in [0.717, 1.165) is 18.4 Å². The summed E-state index contributed by atoms with van der Waals surface area (Å²) in [5, 5.41) is 2.81. The molecule has 162 valence electrons. The van der Waals surface area contributed by atoms with Gasteiger partial charge in [0.05, 0.1) is 24.7 Å². The highest BCUT2D eigenvalue weighted by molar-refractivity contribution is 7.89. The number of nitrogens with zero attached hydrogens (tertiary/aromatic N) is 1. The molecule has 30 heavy (non-hydrogen) atoms. The smallest absolute Gasteiger partial charge is 0.243 e. The zero-order valence-electron chi connectivity index (χ0n) is 17.1. The number of carbonyl (C=O) groups is 1. The molecule has 1 aliphatic heterocycles. The summed E-state index contributed by atoms with van der Waals surface area (Å²) in [4.78, 5) is 12.6. The molecule has 0 unspecified atom stereocenters. The molecule has 8 heteroatoms. The zero-order chi connectivity index (χ0) is 21.4. The van der Waals surface area contributed by atoms with Crippen LogP contribution in [-0.2, 0) is 26.0 Å². The molecule has 0 aliphatic carbocycles. The van der Waals surface area contributed by atoms with Crippen molar-refractivity contribution < 1.29 is 22.7 Å². The third-order valence-corrected chi connectivity index (χ3v) is 6.92. The number of hydrogen-bond donors (Lipinski definition) is 1. The molecule has 2 aromatic rings. The molecule has 0 saturated carbocycles. The minimum absolute atomic E-state index is 0.00455. The van der Waals surface area contributed by atoms with Crippen LogP contribution < -0.4 is 10.1 Å². The van der Waals surface area contributed by atoms with Gasteiger partial charge in [0.25, 0.3) is 0 Å². The van der Waals surface area contributed by atoms with Crippen LogP contribution in [0.4, 0.5) is 0 Å². The van der Waals surface area contributed by atoms with Gasteiger partial charge in [-0.2, -0.15) is 4.31 Å². The van der Waals surface area contributed by atoms with Gasteiger partial charge in [0.15, 0.2) is 0 Å². The number of hydrogen-bond acceptors (Lipinski definition) is 5.